The number of unbranched alkanes of at least 4 members (excludes halogenated alkanes) is 2. The van der Waals surface area contributed by atoms with Crippen LogP contribution < -0.4 is 0 Å². The fourth-order valence-electron chi connectivity index (χ4n) is 1.95. The molecule has 0 amide bonds. The normalized spacial score (nSPS) is 10.5. The largest absolute Gasteiger partial charge is 0.303 e. The standard InChI is InChI=1S/C15H16O/c16-11-5-1-2-6-13-9-10-14-7-3-4-8-15(14)12-13/h3-4,7-12H,1-2,5-6H2. The summed E-state index contributed by atoms with van der Waals surface area (Å²) in [7, 11) is 0. The van der Waals surface area contributed by atoms with Gasteiger partial charge in [-0.25, -0.2) is 0 Å². The summed E-state index contributed by atoms with van der Waals surface area (Å²) in [6.45, 7) is 0. The molecule has 2 aromatic carbocycles. The Hall–Kier alpha value is -1.63. The van der Waals surface area contributed by atoms with Gasteiger partial charge in [0.2, 0.25) is 0 Å². The van der Waals surface area contributed by atoms with E-state index in [2.05, 4.69) is 42.5 Å². The Labute approximate surface area is 96.1 Å². The molecular formula is C15H16O. The smallest absolute Gasteiger partial charge is 0.119 e. The van der Waals surface area contributed by atoms with Gasteiger partial charge in [0, 0.05) is 6.42 Å². The van der Waals surface area contributed by atoms with Gasteiger partial charge in [0.05, 0.1) is 0 Å². The van der Waals surface area contributed by atoms with Crippen LogP contribution in [0.25, 0.3) is 10.8 Å². The van der Waals surface area contributed by atoms with Crippen molar-refractivity contribution in [1.82, 2.24) is 0 Å². The first kappa shape index (κ1) is 10.9. The van der Waals surface area contributed by atoms with E-state index in [0.717, 1.165) is 25.5 Å². The summed E-state index contributed by atoms with van der Waals surface area (Å²) in [5.41, 5.74) is 1.37. The van der Waals surface area contributed by atoms with Crippen molar-refractivity contribution in [1.29, 1.82) is 0 Å². The number of hydrogen-bond acceptors (Lipinski definition) is 1. The first-order valence-corrected chi connectivity index (χ1v) is 5.81. The maximum Gasteiger partial charge on any atom is 0.119 e. The van der Waals surface area contributed by atoms with Crippen LogP contribution in [-0.4, -0.2) is 6.29 Å². The van der Waals surface area contributed by atoms with Crippen molar-refractivity contribution in [2.75, 3.05) is 0 Å². The van der Waals surface area contributed by atoms with Crippen LogP contribution in [0, 0.1) is 0 Å². The van der Waals surface area contributed by atoms with Crippen molar-refractivity contribution >= 4 is 17.1 Å². The molecule has 0 spiro atoms. The fourth-order valence-corrected chi connectivity index (χ4v) is 1.95. The maximum atomic E-state index is 10.2. The van der Waals surface area contributed by atoms with E-state index in [1.54, 1.807) is 0 Å². The van der Waals surface area contributed by atoms with Gasteiger partial charge in [-0.15, -0.1) is 0 Å². The van der Waals surface area contributed by atoms with Gasteiger partial charge >= 0.3 is 0 Å². The zero-order chi connectivity index (χ0) is 11.2. The minimum Gasteiger partial charge on any atom is -0.303 e. The third-order valence-corrected chi connectivity index (χ3v) is 2.85. The first-order valence-electron chi connectivity index (χ1n) is 5.81. The van der Waals surface area contributed by atoms with Crippen molar-refractivity contribution in [2.45, 2.75) is 25.7 Å². The average Bonchev–Trinajstić information content (AvgIpc) is 2.34. The molecule has 0 aliphatic rings. The highest BCUT2D eigenvalue weighted by Crippen LogP contribution is 2.17. The Morgan fingerprint density at radius 3 is 2.56 bits per heavy atom. The van der Waals surface area contributed by atoms with Crippen LogP contribution in [0.3, 0.4) is 0 Å². The van der Waals surface area contributed by atoms with Gasteiger partial charge in [-0.1, -0.05) is 42.5 Å². The molecular weight excluding hydrogens is 196 g/mol. The fraction of sp³-hybridized carbons (Fsp3) is 0.267. The predicted molar refractivity (Wildman–Crippen MR) is 67.6 cm³/mol. The van der Waals surface area contributed by atoms with Crippen molar-refractivity contribution in [3.8, 4) is 0 Å². The van der Waals surface area contributed by atoms with Crippen molar-refractivity contribution < 1.29 is 4.79 Å². The van der Waals surface area contributed by atoms with Gasteiger partial charge < -0.3 is 4.79 Å². The number of benzene rings is 2. The van der Waals surface area contributed by atoms with Crippen LogP contribution in [0.15, 0.2) is 42.5 Å². The van der Waals surface area contributed by atoms with E-state index in [9.17, 15) is 4.79 Å². The Kier molecular flexibility index (Phi) is 3.71. The number of aryl methyl sites for hydroxylation is 1. The summed E-state index contributed by atoms with van der Waals surface area (Å²) in [6, 6.07) is 15.0. The third-order valence-electron chi connectivity index (χ3n) is 2.85. The van der Waals surface area contributed by atoms with Crippen LogP contribution in [0.2, 0.25) is 0 Å². The van der Waals surface area contributed by atoms with Gasteiger partial charge in [-0.2, -0.15) is 0 Å². The number of carbonyl (C=O) groups is 1. The minimum absolute atomic E-state index is 0.688. The molecule has 0 atom stereocenters. The molecule has 0 unspecified atom stereocenters. The molecule has 0 radical (unpaired) electrons. The van der Waals surface area contributed by atoms with E-state index in [4.69, 9.17) is 0 Å². The van der Waals surface area contributed by atoms with Gasteiger partial charge in [-0.3, -0.25) is 0 Å². The van der Waals surface area contributed by atoms with Gasteiger partial charge in [0.1, 0.15) is 6.29 Å². The first-order chi connectivity index (χ1) is 7.90. The zero-order valence-corrected chi connectivity index (χ0v) is 9.36. The van der Waals surface area contributed by atoms with Crippen LogP contribution in [-0.2, 0) is 11.2 Å². The second-order valence-corrected chi connectivity index (χ2v) is 4.09. The predicted octanol–water partition coefficient (Wildman–Crippen LogP) is 3.75. The van der Waals surface area contributed by atoms with Gasteiger partial charge in [0.15, 0.2) is 0 Å². The van der Waals surface area contributed by atoms with Crippen molar-refractivity contribution in [3.63, 3.8) is 0 Å². The summed E-state index contributed by atoms with van der Waals surface area (Å²) >= 11 is 0. The number of hydrogen-bond donors (Lipinski definition) is 0. The van der Waals surface area contributed by atoms with Crippen LogP contribution in [0.1, 0.15) is 24.8 Å². The van der Waals surface area contributed by atoms with Gasteiger partial charge in [0.25, 0.3) is 0 Å². The average molecular weight is 212 g/mol. The molecule has 0 saturated carbocycles. The summed E-state index contributed by atoms with van der Waals surface area (Å²) in [5.74, 6) is 0. The second-order valence-electron chi connectivity index (χ2n) is 4.09. The Morgan fingerprint density at radius 1 is 0.938 bits per heavy atom. The second kappa shape index (κ2) is 5.45. The number of aldehydes is 1. The van der Waals surface area contributed by atoms with E-state index >= 15 is 0 Å². The molecule has 2 aromatic rings. The molecule has 2 rings (SSSR count). The van der Waals surface area contributed by atoms with E-state index in [0.29, 0.717) is 6.42 Å². The number of carbonyl (C=O) groups excluding carboxylic acids is 1. The lowest BCUT2D eigenvalue weighted by Crippen LogP contribution is -1.86. The quantitative estimate of drug-likeness (QED) is 0.545. The highest BCUT2D eigenvalue weighted by molar-refractivity contribution is 5.82. The van der Waals surface area contributed by atoms with E-state index in [1.165, 1.54) is 16.3 Å². The highest BCUT2D eigenvalue weighted by atomic mass is 16.1. The third kappa shape index (κ3) is 2.69. The van der Waals surface area contributed by atoms with Crippen LogP contribution >= 0.6 is 0 Å². The van der Waals surface area contributed by atoms with E-state index in [-0.39, 0.29) is 0 Å². The number of rotatable bonds is 5. The lowest BCUT2D eigenvalue weighted by atomic mass is 10.0. The molecule has 0 aromatic heterocycles. The highest BCUT2D eigenvalue weighted by Gasteiger charge is 1.96. The maximum absolute atomic E-state index is 10.2. The van der Waals surface area contributed by atoms with Crippen molar-refractivity contribution in [2.24, 2.45) is 0 Å². The molecule has 0 bridgehead atoms. The summed E-state index contributed by atoms with van der Waals surface area (Å²) in [5, 5.41) is 2.59. The molecule has 1 heteroatoms. The Morgan fingerprint density at radius 2 is 1.75 bits per heavy atom. The van der Waals surface area contributed by atoms with Crippen molar-refractivity contribution in [3.05, 3.63) is 48.0 Å². The molecule has 0 fully saturated rings. The summed E-state index contributed by atoms with van der Waals surface area (Å²) in [6.07, 6.45) is 4.85. The molecule has 0 N–H and O–H groups in total. The molecule has 0 aliphatic heterocycles. The Bertz CT molecular complexity index is 474. The lowest BCUT2D eigenvalue weighted by Gasteiger charge is -2.03. The van der Waals surface area contributed by atoms with Crippen LogP contribution in [0.4, 0.5) is 0 Å². The minimum atomic E-state index is 0.688. The summed E-state index contributed by atoms with van der Waals surface area (Å²) in [4.78, 5) is 10.2. The molecule has 82 valence electrons. The molecule has 0 saturated heterocycles. The van der Waals surface area contributed by atoms with Crippen LogP contribution in [0.5, 0.6) is 0 Å². The molecule has 1 nitrogen and oxygen atoms in total. The van der Waals surface area contributed by atoms with E-state index in [1.807, 2.05) is 0 Å². The SMILES string of the molecule is O=CCCCCc1ccc2ccccc2c1. The topological polar surface area (TPSA) is 17.1 Å². The molecule has 0 heterocycles. The zero-order valence-electron chi connectivity index (χ0n) is 9.36. The molecule has 0 aliphatic carbocycles. The molecule has 16 heavy (non-hydrogen) atoms. The Balaban J connectivity index is 2.05. The van der Waals surface area contributed by atoms with Gasteiger partial charge in [-0.05, 0) is 35.6 Å². The monoisotopic (exact) mass is 212 g/mol. The summed E-state index contributed by atoms with van der Waals surface area (Å²) < 4.78 is 0. The van der Waals surface area contributed by atoms with E-state index < -0.39 is 0 Å². The number of fused-ring (bicyclic) bond motifs is 1. The lowest BCUT2D eigenvalue weighted by molar-refractivity contribution is -0.107.